The average Bonchev–Trinajstić information content (AvgIpc) is 2.85. The molecule has 0 atom stereocenters. The lowest BCUT2D eigenvalue weighted by Gasteiger charge is -2.04. The van der Waals surface area contributed by atoms with Crippen LogP contribution >= 0.6 is 11.9 Å². The number of rotatable bonds is 31. The minimum Gasteiger partial charge on any atom is -0.278 e. The van der Waals surface area contributed by atoms with Crippen LogP contribution in [0.25, 0.3) is 0 Å². The molecule has 0 fully saturated rings. The zero-order chi connectivity index (χ0) is 24.6. The summed E-state index contributed by atoms with van der Waals surface area (Å²) in [5.74, 6) is 1.14. The van der Waals surface area contributed by atoms with Gasteiger partial charge in [-0.3, -0.25) is 5.14 Å². The van der Waals surface area contributed by atoms with Crippen molar-refractivity contribution in [1.29, 1.82) is 0 Å². The highest BCUT2D eigenvalue weighted by molar-refractivity contribution is 7.97. The molecule has 0 heterocycles. The van der Waals surface area contributed by atoms with E-state index in [0.717, 1.165) is 5.75 Å². The van der Waals surface area contributed by atoms with Crippen molar-refractivity contribution in [1.82, 2.24) is 0 Å². The molecule has 0 rings (SSSR count). The second kappa shape index (κ2) is 33.3. The van der Waals surface area contributed by atoms with Crippen LogP contribution in [-0.4, -0.2) is 5.75 Å². The van der Waals surface area contributed by atoms with Crippen molar-refractivity contribution in [3.8, 4) is 0 Å². The Morgan fingerprint density at radius 3 is 0.647 bits per heavy atom. The zero-order valence-corrected chi connectivity index (χ0v) is 24.7. The van der Waals surface area contributed by atoms with E-state index in [-0.39, 0.29) is 0 Å². The summed E-state index contributed by atoms with van der Waals surface area (Å²) in [6.07, 6.45) is 43.9. The first kappa shape index (κ1) is 34.3. The summed E-state index contributed by atoms with van der Waals surface area (Å²) in [5, 5.41) is 5.46. The molecule has 0 aliphatic carbocycles. The minimum absolute atomic E-state index is 1.14. The Balaban J connectivity index is 2.99. The van der Waals surface area contributed by atoms with Crippen LogP contribution in [-0.2, 0) is 0 Å². The highest BCUT2D eigenvalue weighted by Gasteiger charge is 1.97. The van der Waals surface area contributed by atoms with E-state index in [9.17, 15) is 0 Å². The van der Waals surface area contributed by atoms with Crippen molar-refractivity contribution in [2.24, 2.45) is 5.14 Å². The molecule has 0 spiro atoms. The fourth-order valence-corrected chi connectivity index (χ4v) is 5.58. The first-order valence-corrected chi connectivity index (χ1v) is 17.3. The molecule has 0 radical (unpaired) electrons. The summed E-state index contributed by atoms with van der Waals surface area (Å²) in [7, 11) is 0. The summed E-state index contributed by atoms with van der Waals surface area (Å²) in [4.78, 5) is 0. The molecule has 2 heteroatoms. The van der Waals surface area contributed by atoms with Crippen LogP contribution in [0, 0.1) is 0 Å². The van der Waals surface area contributed by atoms with E-state index in [0.29, 0.717) is 0 Å². The van der Waals surface area contributed by atoms with Gasteiger partial charge in [0.15, 0.2) is 0 Å². The zero-order valence-electron chi connectivity index (χ0n) is 23.9. The predicted molar refractivity (Wildman–Crippen MR) is 161 cm³/mol. The molecule has 0 aromatic heterocycles. The van der Waals surface area contributed by atoms with Gasteiger partial charge in [-0.1, -0.05) is 205 Å². The van der Waals surface area contributed by atoms with E-state index < -0.39 is 0 Å². The molecule has 0 amide bonds. The molecule has 0 aliphatic rings. The van der Waals surface area contributed by atoms with E-state index >= 15 is 0 Å². The number of hydrogen-bond acceptors (Lipinski definition) is 2. The normalized spacial score (nSPS) is 11.5. The number of unbranched alkanes of at least 4 members (excludes halogenated alkanes) is 29. The van der Waals surface area contributed by atoms with Gasteiger partial charge in [-0.2, -0.15) is 0 Å². The van der Waals surface area contributed by atoms with Gasteiger partial charge >= 0.3 is 0 Å². The highest BCUT2D eigenvalue weighted by Crippen LogP contribution is 2.16. The molecule has 0 unspecified atom stereocenters. The predicted octanol–water partition coefficient (Wildman–Crippen LogP) is 12.3. The SMILES string of the molecule is CCCCCCCCCCCCCCCCCCCCCCCCCCCCCCCCSN. The van der Waals surface area contributed by atoms with Crippen LogP contribution in [0.3, 0.4) is 0 Å². The summed E-state index contributed by atoms with van der Waals surface area (Å²) >= 11 is 1.50. The Kier molecular flexibility index (Phi) is 33.6. The quantitative estimate of drug-likeness (QED) is 0.0761. The van der Waals surface area contributed by atoms with Gasteiger partial charge in [-0.05, 0) is 6.42 Å². The molecule has 0 saturated carbocycles. The molecular weight excluding hydrogens is 430 g/mol. The van der Waals surface area contributed by atoms with Crippen LogP contribution in [0.5, 0.6) is 0 Å². The third-order valence-corrected chi connectivity index (χ3v) is 8.14. The Morgan fingerprint density at radius 1 is 0.294 bits per heavy atom. The molecule has 0 bridgehead atoms. The summed E-state index contributed by atoms with van der Waals surface area (Å²) in [6, 6.07) is 0. The topological polar surface area (TPSA) is 26.0 Å². The molecule has 2 N–H and O–H groups in total. The largest absolute Gasteiger partial charge is 0.278 e. The molecule has 0 aromatic rings. The van der Waals surface area contributed by atoms with Gasteiger partial charge in [-0.25, -0.2) is 0 Å². The van der Waals surface area contributed by atoms with Crippen LogP contribution in [0.2, 0.25) is 0 Å². The summed E-state index contributed by atoms with van der Waals surface area (Å²) in [6.45, 7) is 2.31. The molecule has 34 heavy (non-hydrogen) atoms. The second-order valence-corrected chi connectivity index (χ2v) is 11.9. The van der Waals surface area contributed by atoms with Crippen molar-refractivity contribution in [2.75, 3.05) is 5.75 Å². The summed E-state index contributed by atoms with van der Waals surface area (Å²) in [5.41, 5.74) is 0. The van der Waals surface area contributed by atoms with Gasteiger partial charge in [0.25, 0.3) is 0 Å². The lowest BCUT2D eigenvalue weighted by molar-refractivity contribution is 0.513. The van der Waals surface area contributed by atoms with E-state index in [1.807, 2.05) is 0 Å². The molecule has 0 aromatic carbocycles. The summed E-state index contributed by atoms with van der Waals surface area (Å²) < 4.78 is 0. The minimum atomic E-state index is 1.14. The first-order valence-electron chi connectivity index (χ1n) is 16.2. The molecule has 0 aliphatic heterocycles. The average molecular weight is 498 g/mol. The Hall–Kier alpha value is 0.310. The third-order valence-electron chi connectivity index (χ3n) is 7.62. The Bertz CT molecular complexity index is 301. The van der Waals surface area contributed by atoms with Gasteiger partial charge in [0.05, 0.1) is 0 Å². The monoisotopic (exact) mass is 497 g/mol. The smallest absolute Gasteiger partial charge is 0.00764 e. The highest BCUT2D eigenvalue weighted by atomic mass is 32.2. The molecular formula is C32H67NS. The second-order valence-electron chi connectivity index (χ2n) is 11.1. The van der Waals surface area contributed by atoms with Crippen molar-refractivity contribution >= 4 is 11.9 Å². The van der Waals surface area contributed by atoms with Gasteiger partial charge in [-0.15, -0.1) is 0 Å². The van der Waals surface area contributed by atoms with Crippen LogP contribution in [0.4, 0.5) is 0 Å². The van der Waals surface area contributed by atoms with Crippen molar-refractivity contribution in [3.63, 3.8) is 0 Å². The van der Waals surface area contributed by atoms with Crippen molar-refractivity contribution < 1.29 is 0 Å². The first-order chi connectivity index (χ1) is 16.9. The van der Waals surface area contributed by atoms with E-state index in [2.05, 4.69) is 6.92 Å². The van der Waals surface area contributed by atoms with E-state index in [1.54, 1.807) is 0 Å². The lowest BCUT2D eigenvalue weighted by atomic mass is 10.0. The fourth-order valence-electron chi connectivity index (χ4n) is 5.21. The van der Waals surface area contributed by atoms with Gasteiger partial charge in [0.1, 0.15) is 0 Å². The fraction of sp³-hybridized carbons (Fsp3) is 1.00. The van der Waals surface area contributed by atoms with Gasteiger partial charge < -0.3 is 0 Å². The van der Waals surface area contributed by atoms with Crippen molar-refractivity contribution in [2.45, 2.75) is 200 Å². The number of nitrogens with two attached hydrogens (primary N) is 1. The Labute approximate surface area is 222 Å². The maximum atomic E-state index is 5.46. The van der Waals surface area contributed by atoms with Crippen LogP contribution in [0.15, 0.2) is 0 Å². The number of hydrogen-bond donors (Lipinski definition) is 1. The van der Waals surface area contributed by atoms with Crippen LogP contribution in [0.1, 0.15) is 200 Å². The maximum Gasteiger partial charge on any atom is 0.00764 e. The van der Waals surface area contributed by atoms with E-state index in [4.69, 9.17) is 5.14 Å². The van der Waals surface area contributed by atoms with Gasteiger partial charge in [0.2, 0.25) is 0 Å². The maximum absolute atomic E-state index is 5.46. The third kappa shape index (κ3) is 32.3. The molecule has 206 valence electrons. The van der Waals surface area contributed by atoms with E-state index in [1.165, 1.54) is 205 Å². The van der Waals surface area contributed by atoms with Crippen LogP contribution < -0.4 is 5.14 Å². The Morgan fingerprint density at radius 2 is 0.471 bits per heavy atom. The molecule has 1 nitrogen and oxygen atoms in total. The lowest BCUT2D eigenvalue weighted by Crippen LogP contribution is -1.86. The van der Waals surface area contributed by atoms with Gasteiger partial charge in [0, 0.05) is 5.75 Å². The molecule has 0 saturated heterocycles. The van der Waals surface area contributed by atoms with Crippen molar-refractivity contribution in [3.05, 3.63) is 0 Å². The standard InChI is InChI=1S/C32H67NS/c1-2-3-4-5-6-7-8-9-10-11-12-13-14-15-16-17-18-19-20-21-22-23-24-25-26-27-28-29-30-31-32-34-33/h2-33H2,1H3.